The lowest BCUT2D eigenvalue weighted by molar-refractivity contribution is -0.138. The van der Waals surface area contributed by atoms with Crippen LogP contribution in [0.2, 0.25) is 0 Å². The number of hydrogen-bond acceptors (Lipinski definition) is 3. The summed E-state index contributed by atoms with van der Waals surface area (Å²) in [5.74, 6) is 1.30. The Kier molecular flexibility index (Phi) is 7.10. The molecule has 2 aliphatic heterocycles. The second-order valence-corrected chi connectivity index (χ2v) is 11.8. The minimum absolute atomic E-state index is 0.0464. The van der Waals surface area contributed by atoms with Gasteiger partial charge < -0.3 is 4.74 Å². The molecule has 0 N–H and O–H groups in total. The van der Waals surface area contributed by atoms with E-state index in [0.29, 0.717) is 35.9 Å². The highest BCUT2D eigenvalue weighted by atomic mass is 19.4. The van der Waals surface area contributed by atoms with Gasteiger partial charge in [-0.2, -0.15) is 13.2 Å². The highest BCUT2D eigenvalue weighted by molar-refractivity contribution is 5.89. The molecule has 196 valence electrons. The standard InChI is InChI=1S/C30H38F3NO2/c1-18-11-19(2)13-26(12-18)36-28-10-8-22-14-21(7-9-27(22)29(28)30(31,32)33)17-34-24-5-4-6-25(34)16-23(15-24)20(3)35/h7-10,14,18-19,23-26H,4-6,11-13,15-17H2,1-3H3/t18-,19+,23?,24?,25?,26?. The van der Waals surface area contributed by atoms with Crippen LogP contribution in [0.1, 0.15) is 83.3 Å². The molecule has 2 saturated heterocycles. The lowest BCUT2D eigenvalue weighted by atomic mass is 9.77. The molecule has 5 atom stereocenters. The predicted octanol–water partition coefficient (Wildman–Crippen LogP) is 7.78. The number of carbonyl (C=O) groups is 1. The van der Waals surface area contributed by atoms with Crippen molar-refractivity contribution in [2.24, 2.45) is 17.8 Å². The van der Waals surface area contributed by atoms with Crippen molar-refractivity contribution in [2.45, 2.75) is 103 Å². The second kappa shape index (κ2) is 10.00. The van der Waals surface area contributed by atoms with E-state index < -0.39 is 11.7 Å². The molecule has 3 nitrogen and oxygen atoms in total. The van der Waals surface area contributed by atoms with Crippen LogP contribution < -0.4 is 4.74 Å². The van der Waals surface area contributed by atoms with Crippen LogP contribution in [0.3, 0.4) is 0 Å². The van der Waals surface area contributed by atoms with Gasteiger partial charge in [0.2, 0.25) is 0 Å². The summed E-state index contributed by atoms with van der Waals surface area (Å²) in [5.41, 5.74) is 0.369. The van der Waals surface area contributed by atoms with Crippen LogP contribution in [0.4, 0.5) is 13.2 Å². The first kappa shape index (κ1) is 25.6. The van der Waals surface area contributed by atoms with E-state index in [1.54, 1.807) is 19.1 Å². The molecular formula is C30H38F3NO2. The van der Waals surface area contributed by atoms with Gasteiger partial charge in [-0.1, -0.05) is 38.5 Å². The van der Waals surface area contributed by atoms with Crippen molar-refractivity contribution in [1.82, 2.24) is 4.90 Å². The Morgan fingerprint density at radius 1 is 0.972 bits per heavy atom. The van der Waals surface area contributed by atoms with Crippen molar-refractivity contribution < 1.29 is 22.7 Å². The first-order chi connectivity index (χ1) is 17.1. The van der Waals surface area contributed by atoms with Gasteiger partial charge in [-0.05, 0) is 92.2 Å². The number of ketones is 1. The molecule has 5 rings (SSSR count). The van der Waals surface area contributed by atoms with Crippen molar-refractivity contribution >= 4 is 16.6 Å². The smallest absolute Gasteiger partial charge is 0.420 e. The molecule has 0 radical (unpaired) electrons. The van der Waals surface area contributed by atoms with E-state index in [2.05, 4.69) is 18.7 Å². The molecule has 2 aromatic carbocycles. The third-order valence-electron chi connectivity index (χ3n) is 8.82. The molecule has 36 heavy (non-hydrogen) atoms. The maximum Gasteiger partial charge on any atom is 0.420 e. The van der Waals surface area contributed by atoms with E-state index in [1.807, 2.05) is 12.1 Å². The number of ether oxygens (including phenoxy) is 1. The number of hydrogen-bond donors (Lipinski definition) is 0. The maximum atomic E-state index is 14.3. The number of benzene rings is 2. The van der Waals surface area contributed by atoms with Crippen LogP contribution in [0, 0.1) is 17.8 Å². The molecule has 2 aromatic rings. The number of Topliss-reactive ketones (excluding diaryl/α,β-unsaturated/α-hetero) is 1. The van der Waals surface area contributed by atoms with E-state index in [1.165, 1.54) is 12.5 Å². The molecule has 0 spiro atoms. The fraction of sp³-hybridized carbons (Fsp3) is 0.633. The summed E-state index contributed by atoms with van der Waals surface area (Å²) in [7, 11) is 0. The molecule has 3 fully saturated rings. The van der Waals surface area contributed by atoms with Crippen molar-refractivity contribution in [3.8, 4) is 5.75 Å². The van der Waals surface area contributed by atoms with Gasteiger partial charge in [-0.15, -0.1) is 0 Å². The molecular weight excluding hydrogens is 463 g/mol. The fourth-order valence-electron chi connectivity index (χ4n) is 7.28. The zero-order valence-electron chi connectivity index (χ0n) is 21.6. The quantitative estimate of drug-likeness (QED) is 0.419. The van der Waals surface area contributed by atoms with Gasteiger partial charge in [0.1, 0.15) is 17.1 Å². The second-order valence-electron chi connectivity index (χ2n) is 11.8. The van der Waals surface area contributed by atoms with Crippen LogP contribution in [-0.2, 0) is 17.5 Å². The predicted molar refractivity (Wildman–Crippen MR) is 136 cm³/mol. The van der Waals surface area contributed by atoms with E-state index >= 15 is 0 Å². The average molecular weight is 502 g/mol. The minimum Gasteiger partial charge on any atom is -0.490 e. The first-order valence-corrected chi connectivity index (χ1v) is 13.6. The van der Waals surface area contributed by atoms with Gasteiger partial charge in [0.05, 0.1) is 6.10 Å². The molecule has 1 saturated carbocycles. The topological polar surface area (TPSA) is 29.5 Å². The van der Waals surface area contributed by atoms with Gasteiger partial charge in [0.15, 0.2) is 0 Å². The van der Waals surface area contributed by atoms with Gasteiger partial charge in [0, 0.05) is 24.5 Å². The van der Waals surface area contributed by atoms with Crippen LogP contribution in [0.5, 0.6) is 5.75 Å². The fourth-order valence-corrected chi connectivity index (χ4v) is 7.28. The summed E-state index contributed by atoms with van der Waals surface area (Å²) < 4.78 is 48.9. The largest absolute Gasteiger partial charge is 0.490 e. The lowest BCUT2D eigenvalue weighted by Crippen LogP contribution is -2.52. The third-order valence-corrected chi connectivity index (χ3v) is 8.82. The first-order valence-electron chi connectivity index (χ1n) is 13.6. The van der Waals surface area contributed by atoms with Crippen molar-refractivity contribution in [3.63, 3.8) is 0 Å². The van der Waals surface area contributed by atoms with Crippen LogP contribution >= 0.6 is 0 Å². The molecule has 6 heteroatoms. The summed E-state index contributed by atoms with van der Waals surface area (Å²) in [6.07, 6.45) is 3.17. The number of halogens is 3. The van der Waals surface area contributed by atoms with Gasteiger partial charge in [-0.3, -0.25) is 9.69 Å². The highest BCUT2D eigenvalue weighted by Crippen LogP contribution is 2.44. The number of carbonyl (C=O) groups excluding carboxylic acids is 1. The number of nitrogens with zero attached hydrogens (tertiary/aromatic N) is 1. The van der Waals surface area contributed by atoms with E-state index in [4.69, 9.17) is 4.74 Å². The minimum atomic E-state index is -4.49. The summed E-state index contributed by atoms with van der Waals surface area (Å²) >= 11 is 0. The Labute approximate surface area is 212 Å². The van der Waals surface area contributed by atoms with Crippen LogP contribution in [0.25, 0.3) is 10.8 Å². The van der Waals surface area contributed by atoms with E-state index in [0.717, 1.165) is 50.5 Å². The lowest BCUT2D eigenvalue weighted by Gasteiger charge is -2.48. The molecule has 1 aliphatic carbocycles. The Balaban J connectivity index is 1.41. The van der Waals surface area contributed by atoms with Crippen molar-refractivity contribution in [3.05, 3.63) is 41.5 Å². The van der Waals surface area contributed by atoms with Crippen molar-refractivity contribution in [2.75, 3.05) is 0 Å². The van der Waals surface area contributed by atoms with Crippen LogP contribution in [0.15, 0.2) is 30.3 Å². The molecule has 3 unspecified atom stereocenters. The maximum absolute atomic E-state index is 14.3. The Morgan fingerprint density at radius 2 is 1.64 bits per heavy atom. The van der Waals surface area contributed by atoms with Crippen molar-refractivity contribution in [1.29, 1.82) is 0 Å². The summed E-state index contributed by atoms with van der Waals surface area (Å²) in [6.45, 7) is 6.71. The summed E-state index contributed by atoms with van der Waals surface area (Å²) in [5, 5.41) is 0.803. The van der Waals surface area contributed by atoms with Gasteiger partial charge in [0.25, 0.3) is 0 Å². The normalized spacial score (nSPS) is 31.4. The number of rotatable bonds is 5. The molecule has 0 amide bonds. The van der Waals surface area contributed by atoms with E-state index in [-0.39, 0.29) is 28.9 Å². The zero-order valence-corrected chi connectivity index (χ0v) is 21.6. The number of piperidine rings is 2. The Bertz CT molecular complexity index is 1090. The SMILES string of the molecule is CC(=O)C1CC2CCCC(C1)N2Cc1ccc2c(C(F)(F)F)c(OC3C[C@@H](C)C[C@@H](C)C3)ccc2c1. The Morgan fingerprint density at radius 3 is 2.25 bits per heavy atom. The van der Waals surface area contributed by atoms with Crippen LogP contribution in [-0.4, -0.2) is 28.9 Å². The summed E-state index contributed by atoms with van der Waals surface area (Å²) in [4.78, 5) is 14.5. The monoisotopic (exact) mass is 501 g/mol. The summed E-state index contributed by atoms with van der Waals surface area (Å²) in [6, 6.07) is 9.44. The molecule has 3 aliphatic rings. The zero-order chi connectivity index (χ0) is 25.6. The molecule has 2 bridgehead atoms. The number of fused-ring (bicyclic) bond motifs is 3. The highest BCUT2D eigenvalue weighted by Gasteiger charge is 2.40. The number of alkyl halides is 3. The average Bonchev–Trinajstić information content (AvgIpc) is 2.77. The van der Waals surface area contributed by atoms with Gasteiger partial charge in [-0.25, -0.2) is 0 Å². The molecule has 0 aromatic heterocycles. The third kappa shape index (κ3) is 5.29. The van der Waals surface area contributed by atoms with Gasteiger partial charge >= 0.3 is 6.18 Å². The molecule has 2 heterocycles. The Hall–Kier alpha value is -2.08. The van der Waals surface area contributed by atoms with E-state index in [9.17, 15) is 18.0 Å².